The van der Waals surface area contributed by atoms with Crippen molar-refractivity contribution in [3.05, 3.63) is 29.8 Å². The molecule has 1 aromatic carbocycles. The maximum absolute atomic E-state index is 12.5. The fourth-order valence-electron chi connectivity index (χ4n) is 1.70. The Bertz CT molecular complexity index is 375. The minimum Gasteiger partial charge on any atom is -0.362 e. The molecule has 19 heavy (non-hydrogen) atoms. The Balaban J connectivity index is 2.71. The van der Waals surface area contributed by atoms with Crippen molar-refractivity contribution < 1.29 is 13.2 Å². The van der Waals surface area contributed by atoms with E-state index in [-0.39, 0.29) is 0 Å². The predicted molar refractivity (Wildman–Crippen MR) is 81.7 cm³/mol. The Kier molecular flexibility index (Phi) is 6.42. The molecule has 0 saturated heterocycles. The first-order valence-corrected chi connectivity index (χ1v) is 7.89. The molecule has 0 saturated carbocycles. The van der Waals surface area contributed by atoms with Crippen LogP contribution in [0.25, 0.3) is 0 Å². The maximum atomic E-state index is 12.5. The van der Waals surface area contributed by atoms with Gasteiger partial charge in [0.15, 0.2) is 0 Å². The van der Waals surface area contributed by atoms with E-state index in [0.29, 0.717) is 5.92 Å². The topological polar surface area (TPSA) is 3.24 Å². The summed E-state index contributed by atoms with van der Waals surface area (Å²) in [6.45, 7) is 5.22. The van der Waals surface area contributed by atoms with E-state index in [9.17, 15) is 13.2 Å². The van der Waals surface area contributed by atoms with Gasteiger partial charge >= 0.3 is 6.18 Å². The second-order valence-corrected chi connectivity index (χ2v) is 5.41. The van der Waals surface area contributed by atoms with Gasteiger partial charge in [0, 0.05) is 12.2 Å². The van der Waals surface area contributed by atoms with Crippen LogP contribution in [0.2, 0.25) is 0 Å². The Morgan fingerprint density at radius 3 is 2.21 bits per heavy atom. The second-order valence-electron chi connectivity index (χ2n) is 4.73. The van der Waals surface area contributed by atoms with Gasteiger partial charge in [-0.05, 0) is 36.6 Å². The number of hydrogen-bond donors (Lipinski definition) is 0. The summed E-state index contributed by atoms with van der Waals surface area (Å²) >= 11 is 2.24. The Morgan fingerprint density at radius 2 is 1.79 bits per heavy atom. The summed E-state index contributed by atoms with van der Waals surface area (Å²) in [6, 6.07) is 5.41. The number of benzene rings is 1. The largest absolute Gasteiger partial charge is 0.416 e. The highest BCUT2D eigenvalue weighted by Gasteiger charge is 2.30. The van der Waals surface area contributed by atoms with Crippen molar-refractivity contribution in [3.8, 4) is 0 Å². The molecule has 1 aromatic rings. The van der Waals surface area contributed by atoms with Crippen molar-refractivity contribution in [1.29, 1.82) is 0 Å². The van der Waals surface area contributed by atoms with Crippen LogP contribution in [-0.4, -0.2) is 11.1 Å². The smallest absolute Gasteiger partial charge is 0.362 e. The molecule has 0 aliphatic rings. The molecule has 0 radical (unpaired) electrons. The van der Waals surface area contributed by atoms with Gasteiger partial charge in [-0.2, -0.15) is 13.2 Å². The molecule has 5 heteroatoms. The normalized spacial score (nSPS) is 13.4. The highest BCUT2D eigenvalue weighted by Crippen LogP contribution is 2.30. The van der Waals surface area contributed by atoms with E-state index >= 15 is 0 Å². The monoisotopic (exact) mass is 385 g/mol. The molecule has 0 N–H and O–H groups in total. The van der Waals surface area contributed by atoms with E-state index in [1.54, 1.807) is 12.1 Å². The van der Waals surface area contributed by atoms with Gasteiger partial charge in [-0.15, -0.1) is 0 Å². The van der Waals surface area contributed by atoms with Gasteiger partial charge in [-0.25, -0.2) is 0 Å². The SMILES string of the molecule is CCC(C)CCN(CI)c1ccc(C(F)(F)F)cc1. The average Bonchev–Trinajstić information content (AvgIpc) is 2.38. The van der Waals surface area contributed by atoms with Crippen LogP contribution < -0.4 is 4.90 Å². The summed E-state index contributed by atoms with van der Waals surface area (Å²) in [5.74, 6) is 0.639. The standard InChI is InChI=1S/C14H19F3IN/c1-3-11(2)8-9-19(10-18)13-6-4-12(5-7-13)14(15,16)17/h4-7,11H,3,8-10H2,1-2H3. The number of alkyl halides is 4. The molecule has 1 rings (SSSR count). The minimum absolute atomic E-state index is 0.591. The molecule has 0 heterocycles. The summed E-state index contributed by atoms with van der Waals surface area (Å²) in [5.41, 5.74) is 0.261. The molecule has 1 unspecified atom stereocenters. The first-order valence-electron chi connectivity index (χ1n) is 6.36. The van der Waals surface area contributed by atoms with E-state index < -0.39 is 11.7 Å². The predicted octanol–water partition coefficient (Wildman–Crippen LogP) is 5.34. The lowest BCUT2D eigenvalue weighted by Crippen LogP contribution is -2.23. The zero-order valence-electron chi connectivity index (χ0n) is 11.2. The van der Waals surface area contributed by atoms with Crippen molar-refractivity contribution in [2.45, 2.75) is 32.9 Å². The number of anilines is 1. The highest BCUT2D eigenvalue weighted by atomic mass is 127. The van der Waals surface area contributed by atoms with Crippen LogP contribution in [0.3, 0.4) is 0 Å². The Labute approximate surface area is 126 Å². The number of hydrogen-bond acceptors (Lipinski definition) is 1. The lowest BCUT2D eigenvalue weighted by molar-refractivity contribution is -0.137. The van der Waals surface area contributed by atoms with Crippen molar-refractivity contribution in [1.82, 2.24) is 0 Å². The first-order chi connectivity index (χ1) is 8.88. The van der Waals surface area contributed by atoms with Crippen LogP contribution >= 0.6 is 22.6 Å². The molecule has 0 aromatic heterocycles. The summed E-state index contributed by atoms with van der Waals surface area (Å²) in [6.07, 6.45) is -2.08. The molecule has 1 nitrogen and oxygen atoms in total. The van der Waals surface area contributed by atoms with Gasteiger partial charge < -0.3 is 4.90 Å². The molecule has 108 valence electrons. The van der Waals surface area contributed by atoms with Gasteiger partial charge in [0.2, 0.25) is 0 Å². The van der Waals surface area contributed by atoms with Crippen LogP contribution in [-0.2, 0) is 6.18 Å². The van der Waals surface area contributed by atoms with Crippen LogP contribution in [0.15, 0.2) is 24.3 Å². The third-order valence-corrected chi connectivity index (χ3v) is 4.12. The Morgan fingerprint density at radius 1 is 1.21 bits per heavy atom. The fraction of sp³-hybridized carbons (Fsp3) is 0.571. The second kappa shape index (κ2) is 7.36. The van der Waals surface area contributed by atoms with Gasteiger partial charge in [0.25, 0.3) is 0 Å². The van der Waals surface area contributed by atoms with Crippen molar-refractivity contribution in [2.75, 3.05) is 16.0 Å². The van der Waals surface area contributed by atoms with Crippen LogP contribution in [0.5, 0.6) is 0 Å². The zero-order valence-corrected chi connectivity index (χ0v) is 13.3. The summed E-state index contributed by atoms with van der Waals surface area (Å²) in [7, 11) is 0. The lowest BCUT2D eigenvalue weighted by Gasteiger charge is -2.24. The molecule has 0 spiro atoms. The van der Waals surface area contributed by atoms with Gasteiger partial charge in [0.05, 0.1) is 10.1 Å². The summed E-state index contributed by atoms with van der Waals surface area (Å²) < 4.78 is 38.2. The molecule has 0 bridgehead atoms. The van der Waals surface area contributed by atoms with E-state index in [1.165, 1.54) is 0 Å². The minimum atomic E-state index is -4.26. The third kappa shape index (κ3) is 5.20. The quantitative estimate of drug-likeness (QED) is 0.363. The van der Waals surface area contributed by atoms with Crippen LogP contribution in [0.4, 0.5) is 18.9 Å². The van der Waals surface area contributed by atoms with Crippen molar-refractivity contribution >= 4 is 28.3 Å². The van der Waals surface area contributed by atoms with E-state index in [1.807, 2.05) is 0 Å². The van der Waals surface area contributed by atoms with Crippen molar-refractivity contribution in [3.63, 3.8) is 0 Å². The molecule has 1 atom stereocenters. The molecule has 0 amide bonds. The first kappa shape index (κ1) is 16.6. The molecular formula is C14H19F3IN. The van der Waals surface area contributed by atoms with Gasteiger partial charge in [0.1, 0.15) is 0 Å². The fourth-order valence-corrected chi connectivity index (χ4v) is 2.43. The molecule has 0 aliphatic heterocycles. The van der Waals surface area contributed by atoms with E-state index in [0.717, 1.165) is 41.8 Å². The Hall–Kier alpha value is -0.460. The summed E-state index contributed by atoms with van der Waals surface area (Å²) in [4.78, 5) is 2.10. The number of rotatable bonds is 6. The molecular weight excluding hydrogens is 366 g/mol. The number of halogens is 4. The highest BCUT2D eigenvalue weighted by molar-refractivity contribution is 14.1. The third-order valence-electron chi connectivity index (χ3n) is 3.29. The maximum Gasteiger partial charge on any atom is 0.416 e. The van der Waals surface area contributed by atoms with Gasteiger partial charge in [-0.3, -0.25) is 0 Å². The average molecular weight is 385 g/mol. The summed E-state index contributed by atoms with van der Waals surface area (Å²) in [5, 5.41) is 0. The van der Waals surface area contributed by atoms with Gasteiger partial charge in [-0.1, -0.05) is 42.9 Å². The van der Waals surface area contributed by atoms with Crippen LogP contribution in [0.1, 0.15) is 32.3 Å². The lowest BCUT2D eigenvalue weighted by atomic mass is 10.1. The van der Waals surface area contributed by atoms with Crippen molar-refractivity contribution in [2.24, 2.45) is 5.92 Å². The zero-order chi connectivity index (χ0) is 14.5. The molecule has 0 aliphatic carbocycles. The van der Waals surface area contributed by atoms with E-state index in [4.69, 9.17) is 0 Å². The van der Waals surface area contributed by atoms with Crippen LogP contribution in [0, 0.1) is 5.92 Å². The molecule has 0 fully saturated rings. The van der Waals surface area contributed by atoms with E-state index in [2.05, 4.69) is 41.3 Å². The number of nitrogens with zero attached hydrogens (tertiary/aromatic N) is 1.